The summed E-state index contributed by atoms with van der Waals surface area (Å²) in [6, 6.07) is 7.46. The van der Waals surface area contributed by atoms with Crippen molar-refractivity contribution in [1.82, 2.24) is 10.2 Å². The van der Waals surface area contributed by atoms with Crippen molar-refractivity contribution in [2.45, 2.75) is 45.3 Å². The number of rotatable bonds is 5. The van der Waals surface area contributed by atoms with Gasteiger partial charge in [0.2, 0.25) is 0 Å². The van der Waals surface area contributed by atoms with Crippen LogP contribution in [-0.2, 0) is 11.3 Å². The summed E-state index contributed by atoms with van der Waals surface area (Å²) in [5.74, 6) is 0.753. The molecule has 6 nitrogen and oxygen atoms in total. The Balaban J connectivity index is 1.51. The average molecular weight is 328 g/mol. The predicted molar refractivity (Wildman–Crippen MR) is 93.9 cm³/mol. The largest absolute Gasteiger partial charge is 0.374 e. The fourth-order valence-electron chi connectivity index (χ4n) is 3.10. The highest BCUT2D eigenvalue weighted by molar-refractivity contribution is 5.99. The number of amides is 2. The number of urea groups is 1. The topological polar surface area (TPSA) is 79.0 Å². The lowest BCUT2D eigenvalue weighted by atomic mass is 9.89. The van der Waals surface area contributed by atoms with Crippen molar-refractivity contribution >= 4 is 17.4 Å². The second-order valence-electron chi connectivity index (χ2n) is 6.47. The third kappa shape index (κ3) is 4.83. The molecule has 1 aromatic heterocycles. The number of hydrogen-bond acceptors (Lipinski definition) is 3. The number of benzene rings is 1. The van der Waals surface area contributed by atoms with E-state index in [1.165, 1.54) is 12.8 Å². The van der Waals surface area contributed by atoms with E-state index in [0.29, 0.717) is 18.4 Å². The maximum Gasteiger partial charge on any atom is 0.323 e. The molecule has 1 aliphatic carbocycles. The number of ether oxygens (including phenoxy) is 1. The van der Waals surface area contributed by atoms with Crippen LogP contribution in [0.25, 0.3) is 0 Å². The molecular weight excluding hydrogens is 304 g/mol. The Bertz CT molecular complexity index is 657. The first kappa shape index (κ1) is 16.5. The molecule has 0 spiro atoms. The van der Waals surface area contributed by atoms with E-state index in [0.717, 1.165) is 30.0 Å². The molecule has 1 aliphatic rings. The Morgan fingerprint density at radius 2 is 2.21 bits per heavy atom. The van der Waals surface area contributed by atoms with Crippen LogP contribution in [0.15, 0.2) is 36.7 Å². The molecule has 0 radical (unpaired) electrons. The van der Waals surface area contributed by atoms with Gasteiger partial charge in [0.1, 0.15) is 0 Å². The maximum atomic E-state index is 11.9. The van der Waals surface area contributed by atoms with Gasteiger partial charge in [0, 0.05) is 11.9 Å². The summed E-state index contributed by atoms with van der Waals surface area (Å²) in [4.78, 5) is 11.9. The van der Waals surface area contributed by atoms with Crippen LogP contribution in [-0.4, -0.2) is 22.3 Å². The molecule has 1 aromatic carbocycles. The monoisotopic (exact) mass is 328 g/mol. The molecule has 0 saturated heterocycles. The lowest BCUT2D eigenvalue weighted by molar-refractivity contribution is 0.00468. The van der Waals surface area contributed by atoms with Gasteiger partial charge in [-0.1, -0.05) is 31.9 Å². The van der Waals surface area contributed by atoms with E-state index < -0.39 is 0 Å². The van der Waals surface area contributed by atoms with Crippen LogP contribution in [0.1, 0.15) is 38.2 Å². The summed E-state index contributed by atoms with van der Waals surface area (Å²) >= 11 is 0. The van der Waals surface area contributed by atoms with Crippen LogP contribution in [0.3, 0.4) is 0 Å². The third-order valence-electron chi connectivity index (χ3n) is 4.31. The Kier molecular flexibility index (Phi) is 5.48. The zero-order valence-electron chi connectivity index (χ0n) is 13.9. The number of H-pyrrole nitrogens is 1. The normalized spacial score (nSPS) is 20.5. The molecule has 1 heterocycles. The number of carbonyl (C=O) groups excluding carboxylic acids is 1. The fourth-order valence-corrected chi connectivity index (χ4v) is 3.10. The first-order chi connectivity index (χ1) is 11.7. The molecule has 24 heavy (non-hydrogen) atoms. The molecule has 3 N–H and O–H groups in total. The van der Waals surface area contributed by atoms with E-state index >= 15 is 0 Å². The number of aromatic amines is 1. The van der Waals surface area contributed by atoms with Crippen molar-refractivity contribution in [3.8, 4) is 0 Å². The summed E-state index contributed by atoms with van der Waals surface area (Å²) in [7, 11) is 0. The lowest BCUT2D eigenvalue weighted by Crippen LogP contribution is -2.21. The van der Waals surface area contributed by atoms with Gasteiger partial charge in [-0.25, -0.2) is 4.79 Å². The van der Waals surface area contributed by atoms with Crippen LogP contribution < -0.4 is 10.6 Å². The van der Waals surface area contributed by atoms with Crippen LogP contribution in [0.2, 0.25) is 0 Å². The van der Waals surface area contributed by atoms with E-state index in [1.807, 2.05) is 24.3 Å². The molecule has 0 bridgehead atoms. The zero-order chi connectivity index (χ0) is 16.8. The highest BCUT2D eigenvalue weighted by Gasteiger charge is 2.19. The van der Waals surface area contributed by atoms with Crippen molar-refractivity contribution in [1.29, 1.82) is 0 Å². The number of carbonyl (C=O) groups is 1. The number of anilines is 2. The van der Waals surface area contributed by atoms with Crippen molar-refractivity contribution in [2.24, 2.45) is 5.92 Å². The van der Waals surface area contributed by atoms with Gasteiger partial charge in [-0.15, -0.1) is 0 Å². The number of nitrogens with one attached hydrogen (secondary N) is 3. The van der Waals surface area contributed by atoms with E-state index in [4.69, 9.17) is 4.74 Å². The molecule has 0 aliphatic heterocycles. The van der Waals surface area contributed by atoms with Crippen LogP contribution in [0.5, 0.6) is 0 Å². The molecule has 6 heteroatoms. The van der Waals surface area contributed by atoms with E-state index in [9.17, 15) is 4.79 Å². The van der Waals surface area contributed by atoms with Crippen LogP contribution >= 0.6 is 0 Å². The Morgan fingerprint density at radius 3 is 3.00 bits per heavy atom. The Morgan fingerprint density at radius 1 is 1.33 bits per heavy atom. The molecule has 128 valence electrons. The van der Waals surface area contributed by atoms with Gasteiger partial charge >= 0.3 is 6.03 Å². The molecule has 0 unspecified atom stereocenters. The Labute approximate surface area is 142 Å². The molecular formula is C18H24N4O2. The molecule has 1 fully saturated rings. The lowest BCUT2D eigenvalue weighted by Gasteiger charge is -2.26. The van der Waals surface area contributed by atoms with Gasteiger partial charge < -0.3 is 15.4 Å². The van der Waals surface area contributed by atoms with Crippen molar-refractivity contribution in [2.75, 3.05) is 10.6 Å². The SMILES string of the molecule is C[C@@H]1CCC[C@H](OCc2cccc(NC(=O)Nc3cn[nH]c3)c2)C1. The Hall–Kier alpha value is -2.34. The second-order valence-corrected chi connectivity index (χ2v) is 6.47. The predicted octanol–water partition coefficient (Wildman–Crippen LogP) is 4.15. The van der Waals surface area contributed by atoms with Gasteiger partial charge in [-0.05, 0) is 36.5 Å². The molecule has 2 atom stereocenters. The smallest absolute Gasteiger partial charge is 0.323 e. The molecule has 2 aromatic rings. The van der Waals surface area contributed by atoms with Gasteiger partial charge in [-0.3, -0.25) is 5.10 Å². The molecule has 1 saturated carbocycles. The van der Waals surface area contributed by atoms with Gasteiger partial charge in [0.25, 0.3) is 0 Å². The summed E-state index contributed by atoms with van der Waals surface area (Å²) in [6.45, 7) is 2.87. The summed E-state index contributed by atoms with van der Waals surface area (Å²) in [5.41, 5.74) is 2.43. The standard InChI is InChI=1S/C18H24N4O2/c1-13-4-2-7-17(8-13)24-12-14-5-3-6-15(9-14)21-18(23)22-16-10-19-20-11-16/h3,5-6,9-11,13,17H,2,4,7-8,12H2,1H3,(H,19,20)(H2,21,22,23)/t13-,17+/m1/s1. The number of hydrogen-bond donors (Lipinski definition) is 3. The van der Waals surface area contributed by atoms with Crippen molar-refractivity contribution < 1.29 is 9.53 Å². The molecule has 3 rings (SSSR count). The molecule has 2 amide bonds. The third-order valence-corrected chi connectivity index (χ3v) is 4.31. The average Bonchev–Trinajstić information content (AvgIpc) is 3.06. The number of aromatic nitrogens is 2. The summed E-state index contributed by atoms with van der Waals surface area (Å²) < 4.78 is 6.04. The minimum Gasteiger partial charge on any atom is -0.374 e. The van der Waals surface area contributed by atoms with E-state index in [2.05, 4.69) is 27.8 Å². The highest BCUT2D eigenvalue weighted by Crippen LogP contribution is 2.26. The van der Waals surface area contributed by atoms with Crippen molar-refractivity contribution in [3.05, 3.63) is 42.2 Å². The van der Waals surface area contributed by atoms with Gasteiger partial charge in [0.15, 0.2) is 0 Å². The van der Waals surface area contributed by atoms with E-state index in [-0.39, 0.29) is 6.03 Å². The van der Waals surface area contributed by atoms with Crippen molar-refractivity contribution in [3.63, 3.8) is 0 Å². The van der Waals surface area contributed by atoms with Gasteiger partial charge in [0.05, 0.1) is 24.6 Å². The first-order valence-electron chi connectivity index (χ1n) is 8.46. The first-order valence-corrected chi connectivity index (χ1v) is 8.46. The second kappa shape index (κ2) is 7.97. The zero-order valence-corrected chi connectivity index (χ0v) is 13.9. The fraction of sp³-hybridized carbons (Fsp3) is 0.444. The van der Waals surface area contributed by atoms with Gasteiger partial charge in [-0.2, -0.15) is 5.10 Å². The highest BCUT2D eigenvalue weighted by atomic mass is 16.5. The van der Waals surface area contributed by atoms with Crippen LogP contribution in [0, 0.1) is 5.92 Å². The minimum atomic E-state index is -0.296. The summed E-state index contributed by atoms with van der Waals surface area (Å²) in [6.07, 6.45) is 8.38. The van der Waals surface area contributed by atoms with E-state index in [1.54, 1.807) is 12.4 Å². The van der Waals surface area contributed by atoms with Crippen LogP contribution in [0.4, 0.5) is 16.2 Å². The summed E-state index contributed by atoms with van der Waals surface area (Å²) in [5, 5.41) is 12.0. The quantitative estimate of drug-likeness (QED) is 0.771. The minimum absolute atomic E-state index is 0.296. The maximum absolute atomic E-state index is 11.9. The number of nitrogens with zero attached hydrogens (tertiary/aromatic N) is 1.